The number of methoxy groups -OCH3 is 3. The van der Waals surface area contributed by atoms with Crippen LogP contribution in [0, 0.1) is 10.1 Å². The van der Waals surface area contributed by atoms with E-state index in [0.29, 0.717) is 5.75 Å². The van der Waals surface area contributed by atoms with Crippen LogP contribution in [0.5, 0.6) is 28.7 Å². The summed E-state index contributed by atoms with van der Waals surface area (Å²) in [4.78, 5) is 23.4. The van der Waals surface area contributed by atoms with Crippen molar-refractivity contribution in [3.63, 3.8) is 0 Å². The van der Waals surface area contributed by atoms with Gasteiger partial charge in [-0.2, -0.15) is 0 Å². The molecule has 0 saturated heterocycles. The summed E-state index contributed by atoms with van der Waals surface area (Å²) in [7, 11) is 4.23. The average Bonchev–Trinajstić information content (AvgIpc) is 2.82. The maximum absolute atomic E-state index is 12.7. The summed E-state index contributed by atoms with van der Waals surface area (Å²) in [5.41, 5.74) is 0.599. The Balaban J connectivity index is 1.88. The van der Waals surface area contributed by atoms with Gasteiger partial charge >= 0.3 is 11.7 Å². The van der Waals surface area contributed by atoms with E-state index >= 15 is 0 Å². The van der Waals surface area contributed by atoms with Gasteiger partial charge in [-0.3, -0.25) is 10.1 Å². The van der Waals surface area contributed by atoms with E-state index in [4.69, 9.17) is 23.7 Å². The first-order chi connectivity index (χ1) is 15.5. The SMILES string of the molecule is COc1ccc(OC(=O)c2cc(OC)c(OCc3ccccc3)c(OC)c2)c([N+](=O)[O-])c1. The molecule has 9 heteroatoms. The lowest BCUT2D eigenvalue weighted by atomic mass is 10.1. The number of carbonyl (C=O) groups excluding carboxylic acids is 1. The van der Waals surface area contributed by atoms with E-state index in [1.165, 1.54) is 51.7 Å². The standard InChI is InChI=1S/C23H21NO8/c1-28-17-9-10-19(18(13-17)24(26)27)32-23(25)16-11-20(29-2)22(21(12-16)30-3)31-14-15-7-5-4-6-8-15/h4-13H,14H2,1-3H3. The molecule has 0 aromatic heterocycles. The highest BCUT2D eigenvalue weighted by Crippen LogP contribution is 2.40. The van der Waals surface area contributed by atoms with Gasteiger partial charge in [0.2, 0.25) is 11.5 Å². The fourth-order valence-electron chi connectivity index (χ4n) is 2.88. The van der Waals surface area contributed by atoms with Gasteiger partial charge in [-0.15, -0.1) is 0 Å². The lowest BCUT2D eigenvalue weighted by Crippen LogP contribution is -2.11. The van der Waals surface area contributed by atoms with Crippen LogP contribution in [0.2, 0.25) is 0 Å². The molecule has 0 radical (unpaired) electrons. The predicted octanol–water partition coefficient (Wildman–Crippen LogP) is 4.42. The van der Waals surface area contributed by atoms with Crippen LogP contribution in [0.3, 0.4) is 0 Å². The minimum atomic E-state index is -0.829. The zero-order chi connectivity index (χ0) is 23.1. The number of hydrogen-bond acceptors (Lipinski definition) is 8. The number of esters is 1. The Hall–Kier alpha value is -4.27. The highest BCUT2D eigenvalue weighted by Gasteiger charge is 2.23. The molecular formula is C23H21NO8. The van der Waals surface area contributed by atoms with Crippen LogP contribution in [0.4, 0.5) is 5.69 Å². The van der Waals surface area contributed by atoms with Crippen LogP contribution in [-0.4, -0.2) is 32.2 Å². The molecule has 0 aliphatic carbocycles. The van der Waals surface area contributed by atoms with Crippen molar-refractivity contribution in [2.75, 3.05) is 21.3 Å². The van der Waals surface area contributed by atoms with Crippen LogP contribution < -0.4 is 23.7 Å². The third-order valence-electron chi connectivity index (χ3n) is 4.49. The van der Waals surface area contributed by atoms with Gasteiger partial charge < -0.3 is 23.7 Å². The van der Waals surface area contributed by atoms with Crippen molar-refractivity contribution >= 4 is 11.7 Å². The molecule has 3 rings (SSSR count). The maximum Gasteiger partial charge on any atom is 0.344 e. The summed E-state index contributed by atoms with van der Waals surface area (Å²) >= 11 is 0. The molecule has 0 spiro atoms. The minimum absolute atomic E-state index is 0.0656. The first-order valence-electron chi connectivity index (χ1n) is 9.44. The molecule has 3 aromatic rings. The largest absolute Gasteiger partial charge is 0.496 e. The molecule has 0 unspecified atom stereocenters. The number of rotatable bonds is 9. The van der Waals surface area contributed by atoms with Gasteiger partial charge in [0, 0.05) is 0 Å². The Bertz CT molecular complexity index is 1090. The van der Waals surface area contributed by atoms with Crippen LogP contribution in [-0.2, 0) is 6.61 Å². The molecule has 3 aromatic carbocycles. The molecule has 0 bridgehead atoms. The molecule has 0 heterocycles. The van der Waals surface area contributed by atoms with Crippen molar-refractivity contribution in [1.82, 2.24) is 0 Å². The fourth-order valence-corrected chi connectivity index (χ4v) is 2.88. The molecule has 0 aliphatic heterocycles. The van der Waals surface area contributed by atoms with E-state index < -0.39 is 16.6 Å². The van der Waals surface area contributed by atoms with E-state index in [0.717, 1.165) is 5.56 Å². The number of nitro benzene ring substituents is 1. The third kappa shape index (κ3) is 5.07. The van der Waals surface area contributed by atoms with Crippen molar-refractivity contribution in [3.8, 4) is 28.7 Å². The molecule has 0 atom stereocenters. The van der Waals surface area contributed by atoms with Gasteiger partial charge in [0.1, 0.15) is 12.4 Å². The molecule has 0 saturated carbocycles. The molecule has 32 heavy (non-hydrogen) atoms. The number of benzene rings is 3. The zero-order valence-electron chi connectivity index (χ0n) is 17.7. The number of carbonyl (C=O) groups is 1. The van der Waals surface area contributed by atoms with Crippen LogP contribution in [0.1, 0.15) is 15.9 Å². The van der Waals surface area contributed by atoms with Crippen LogP contribution in [0.25, 0.3) is 0 Å². The molecular weight excluding hydrogens is 418 g/mol. The van der Waals surface area contributed by atoms with E-state index in [9.17, 15) is 14.9 Å². The summed E-state index contributed by atoms with van der Waals surface area (Å²) in [5.74, 6) is 0.0196. The average molecular weight is 439 g/mol. The first kappa shape index (κ1) is 22.4. The second-order valence-electron chi connectivity index (χ2n) is 6.46. The van der Waals surface area contributed by atoms with Gasteiger partial charge in [0.05, 0.1) is 37.9 Å². The smallest absolute Gasteiger partial charge is 0.344 e. The highest BCUT2D eigenvalue weighted by atomic mass is 16.6. The van der Waals surface area contributed by atoms with Gasteiger partial charge in [-0.1, -0.05) is 30.3 Å². The van der Waals surface area contributed by atoms with E-state index in [1.807, 2.05) is 30.3 Å². The second-order valence-corrected chi connectivity index (χ2v) is 6.46. The molecule has 166 valence electrons. The molecule has 0 N–H and O–H groups in total. The Labute approximate surface area is 184 Å². The van der Waals surface area contributed by atoms with Gasteiger partial charge in [-0.25, -0.2) is 4.79 Å². The van der Waals surface area contributed by atoms with Gasteiger partial charge in [0.25, 0.3) is 0 Å². The Morgan fingerprint density at radius 1 is 0.875 bits per heavy atom. The predicted molar refractivity (Wildman–Crippen MR) is 115 cm³/mol. The molecule has 0 fully saturated rings. The van der Waals surface area contributed by atoms with Gasteiger partial charge in [0.15, 0.2) is 11.5 Å². The minimum Gasteiger partial charge on any atom is -0.496 e. The van der Waals surface area contributed by atoms with E-state index in [-0.39, 0.29) is 35.2 Å². The van der Waals surface area contributed by atoms with Crippen molar-refractivity contribution in [2.24, 2.45) is 0 Å². The van der Waals surface area contributed by atoms with Crippen LogP contribution in [0.15, 0.2) is 60.7 Å². The third-order valence-corrected chi connectivity index (χ3v) is 4.49. The topological polar surface area (TPSA) is 106 Å². The van der Waals surface area contributed by atoms with Crippen LogP contribution >= 0.6 is 0 Å². The number of hydrogen-bond donors (Lipinski definition) is 0. The molecule has 9 nitrogen and oxygen atoms in total. The first-order valence-corrected chi connectivity index (χ1v) is 9.44. The fraction of sp³-hybridized carbons (Fsp3) is 0.174. The lowest BCUT2D eigenvalue weighted by Gasteiger charge is -2.16. The summed E-state index contributed by atoms with van der Waals surface area (Å²) < 4.78 is 26.9. The number of ether oxygens (including phenoxy) is 5. The molecule has 0 aliphatic rings. The van der Waals surface area contributed by atoms with E-state index in [2.05, 4.69) is 0 Å². The Morgan fingerprint density at radius 3 is 2.09 bits per heavy atom. The van der Waals surface area contributed by atoms with Crippen molar-refractivity contribution in [3.05, 3.63) is 81.9 Å². The summed E-state index contributed by atoms with van der Waals surface area (Å²) in [5, 5.41) is 11.3. The zero-order valence-corrected chi connectivity index (χ0v) is 17.7. The summed E-state index contributed by atoms with van der Waals surface area (Å²) in [6.45, 7) is 0.259. The normalized spacial score (nSPS) is 10.2. The second kappa shape index (κ2) is 10.2. The number of nitrogens with zero attached hydrogens (tertiary/aromatic N) is 1. The monoisotopic (exact) mass is 439 g/mol. The highest BCUT2D eigenvalue weighted by molar-refractivity contribution is 5.93. The van der Waals surface area contributed by atoms with Gasteiger partial charge in [-0.05, 0) is 29.8 Å². The van der Waals surface area contributed by atoms with E-state index in [1.54, 1.807) is 0 Å². The van der Waals surface area contributed by atoms with Crippen molar-refractivity contribution in [2.45, 2.75) is 6.61 Å². The summed E-state index contributed by atoms with van der Waals surface area (Å²) in [6, 6.07) is 16.3. The Kier molecular flexibility index (Phi) is 7.12. The Morgan fingerprint density at radius 2 is 1.53 bits per heavy atom. The molecule has 0 amide bonds. The van der Waals surface area contributed by atoms with Crippen molar-refractivity contribution in [1.29, 1.82) is 0 Å². The maximum atomic E-state index is 12.7. The van der Waals surface area contributed by atoms with Crippen molar-refractivity contribution < 1.29 is 33.4 Å². The lowest BCUT2D eigenvalue weighted by molar-refractivity contribution is -0.385. The number of nitro groups is 1. The summed E-state index contributed by atoms with van der Waals surface area (Å²) in [6.07, 6.45) is 0. The quantitative estimate of drug-likeness (QED) is 0.209.